The maximum absolute atomic E-state index is 13.8. The van der Waals surface area contributed by atoms with Crippen LogP contribution in [0.3, 0.4) is 0 Å². The molecule has 5 atom stereocenters. The third kappa shape index (κ3) is 10.4. The second-order valence-electron chi connectivity index (χ2n) is 14.7. The van der Waals surface area contributed by atoms with Gasteiger partial charge in [-0.3, -0.25) is 14.5 Å². The predicted molar refractivity (Wildman–Crippen MR) is 197 cm³/mol. The number of unbranched alkanes of at least 4 members (excludes halogenated alkanes) is 3. The number of carbonyl (C=O) groups is 5. The van der Waals surface area contributed by atoms with Crippen molar-refractivity contribution >= 4 is 63.2 Å². The van der Waals surface area contributed by atoms with E-state index in [9.17, 15) is 32.4 Å². The molecule has 53 heavy (non-hydrogen) atoms. The summed E-state index contributed by atoms with van der Waals surface area (Å²) in [6.45, 7) is 5.99. The molecule has 4 N–H and O–H groups in total. The Labute approximate surface area is 318 Å². The summed E-state index contributed by atoms with van der Waals surface area (Å²) in [4.78, 5) is 67.3. The molecule has 3 aliphatic rings. The molecule has 4 amide bonds. The van der Waals surface area contributed by atoms with Gasteiger partial charge in [-0.1, -0.05) is 60.9 Å². The van der Waals surface area contributed by atoms with E-state index in [0.29, 0.717) is 45.1 Å². The van der Waals surface area contributed by atoms with Crippen molar-refractivity contribution in [1.29, 1.82) is 0 Å². The number of nitrogens with two attached hydrogens (primary N) is 1. The molecule has 14 nitrogen and oxygen atoms in total. The number of hydrogen-bond acceptors (Lipinski definition) is 11. The second-order valence-corrected chi connectivity index (χ2v) is 18.3. The molecular formula is C36H46ClN5O9S2. The zero-order valence-electron chi connectivity index (χ0n) is 29.9. The number of fused-ring (bicyclic) bond motifs is 1. The van der Waals surface area contributed by atoms with Crippen LogP contribution in [0.15, 0.2) is 52.8 Å². The van der Waals surface area contributed by atoms with E-state index in [0.717, 1.165) is 28.9 Å². The number of carbonyl (C=O) groups excluding carboxylic acids is 5. The molecule has 1 aromatic heterocycles. The number of benzene rings is 1. The number of likely N-dealkylation sites (tertiary alicyclic amines) is 1. The van der Waals surface area contributed by atoms with Gasteiger partial charge >= 0.3 is 12.2 Å². The molecule has 2 aliphatic heterocycles. The fraction of sp³-hybridized carbons (Fsp3) is 0.528. The van der Waals surface area contributed by atoms with Gasteiger partial charge in [-0.2, -0.15) is 0 Å². The Bertz CT molecular complexity index is 1820. The zero-order valence-corrected chi connectivity index (χ0v) is 32.3. The van der Waals surface area contributed by atoms with Gasteiger partial charge in [0.05, 0.1) is 16.9 Å². The number of nitrogens with one attached hydrogen (secondary N) is 2. The lowest BCUT2D eigenvalue weighted by Crippen LogP contribution is -2.51. The second kappa shape index (κ2) is 16.6. The summed E-state index contributed by atoms with van der Waals surface area (Å²) in [7, 11) is -4.07. The van der Waals surface area contributed by atoms with E-state index in [1.165, 1.54) is 17.0 Å². The molecule has 1 saturated heterocycles. The van der Waals surface area contributed by atoms with Crippen molar-refractivity contribution in [1.82, 2.24) is 19.8 Å². The molecule has 2 fully saturated rings. The molecule has 0 spiro atoms. The summed E-state index contributed by atoms with van der Waals surface area (Å²) in [5, 5.41) is 2.68. The lowest BCUT2D eigenvalue weighted by atomic mass is 10.0. The SMILES string of the molecule is CC(C)(C)OC(=O)N[C@@H](CCCCC/C=C\[C@@H]1C[C@]1(N)C(=O)NS(=O)(=O)c1ccc(Cl)s1)C(=O)N1C[C@H](OC(=O)N2Cc3ccccc3C2)C[C@H]1C=O. The first kappa shape index (κ1) is 40.2. The molecule has 3 heterocycles. The van der Waals surface area contributed by atoms with E-state index in [1.807, 2.05) is 41.1 Å². The van der Waals surface area contributed by atoms with E-state index in [1.54, 1.807) is 25.7 Å². The summed E-state index contributed by atoms with van der Waals surface area (Å²) in [6, 6.07) is 8.70. The first-order chi connectivity index (χ1) is 25.0. The number of hydrogen-bond donors (Lipinski definition) is 3. The van der Waals surface area contributed by atoms with Gasteiger partial charge in [0, 0.05) is 25.4 Å². The number of allylic oxidation sites excluding steroid dienone is 1. The molecular weight excluding hydrogens is 746 g/mol. The summed E-state index contributed by atoms with van der Waals surface area (Å²) in [6.07, 6.45) is 5.76. The fourth-order valence-corrected chi connectivity index (χ4v) is 8.97. The number of ether oxygens (including phenoxy) is 2. The van der Waals surface area contributed by atoms with E-state index in [2.05, 4.69) is 5.32 Å². The first-order valence-electron chi connectivity index (χ1n) is 17.5. The highest BCUT2D eigenvalue weighted by Gasteiger charge is 2.56. The Hall–Kier alpha value is -3.99. The quantitative estimate of drug-likeness (QED) is 0.138. The minimum Gasteiger partial charge on any atom is -0.444 e. The van der Waals surface area contributed by atoms with Crippen LogP contribution in [0.2, 0.25) is 4.34 Å². The summed E-state index contributed by atoms with van der Waals surface area (Å²) in [5.74, 6) is -1.55. The van der Waals surface area contributed by atoms with Crippen LogP contribution in [0.25, 0.3) is 0 Å². The molecule has 0 bridgehead atoms. The molecule has 1 saturated carbocycles. The maximum Gasteiger partial charge on any atom is 0.410 e. The normalized spacial score (nSPS) is 23.0. The maximum atomic E-state index is 13.8. The minimum atomic E-state index is -4.07. The number of amides is 4. The Morgan fingerprint density at radius 3 is 2.42 bits per heavy atom. The molecule has 1 aromatic carbocycles. The lowest BCUT2D eigenvalue weighted by molar-refractivity contribution is -0.137. The van der Waals surface area contributed by atoms with Gasteiger partial charge in [0.25, 0.3) is 15.9 Å². The van der Waals surface area contributed by atoms with E-state index < -0.39 is 63.4 Å². The van der Waals surface area contributed by atoms with Crippen molar-refractivity contribution in [3.63, 3.8) is 0 Å². The van der Waals surface area contributed by atoms with Crippen LogP contribution in [0.4, 0.5) is 9.59 Å². The van der Waals surface area contributed by atoms with Crippen molar-refractivity contribution in [2.45, 2.75) is 112 Å². The number of sulfonamides is 1. The Balaban J connectivity index is 1.10. The van der Waals surface area contributed by atoms with Gasteiger partial charge < -0.3 is 30.2 Å². The third-order valence-electron chi connectivity index (χ3n) is 9.36. The number of rotatable bonds is 14. The minimum absolute atomic E-state index is 0.0161. The Morgan fingerprint density at radius 2 is 1.79 bits per heavy atom. The molecule has 5 rings (SSSR count). The smallest absolute Gasteiger partial charge is 0.410 e. The summed E-state index contributed by atoms with van der Waals surface area (Å²) >= 11 is 6.67. The van der Waals surface area contributed by atoms with E-state index in [4.69, 9.17) is 26.8 Å². The Morgan fingerprint density at radius 1 is 1.09 bits per heavy atom. The number of alkyl carbamates (subject to hydrolysis) is 1. The van der Waals surface area contributed by atoms with Gasteiger partial charge in [-0.05, 0) is 69.7 Å². The average Bonchev–Trinajstić information content (AvgIpc) is 3.49. The largest absolute Gasteiger partial charge is 0.444 e. The standard InChI is InChI=1S/C36H46ClN5O9S2/c1-35(2,3)51-33(46)39-28(31(44)42-21-27(17-26(42)22-43)50-34(47)41-19-23-11-9-10-12-24(23)20-41)14-8-6-4-5-7-13-25-18-36(25,38)32(45)40-53(48,49)30-16-15-29(37)52-30/h7,9-13,15-16,22,25-28H,4-6,8,14,17-21,38H2,1-3H3,(H,39,46)(H,40,45)/b13-7-/t25-,26+,27-,28+,36-/m1/s1. The molecule has 0 unspecified atom stereocenters. The van der Waals surface area contributed by atoms with E-state index in [-0.39, 0.29) is 33.8 Å². The highest BCUT2D eigenvalue weighted by molar-refractivity contribution is 7.92. The first-order valence-corrected chi connectivity index (χ1v) is 20.2. The monoisotopic (exact) mass is 791 g/mol. The van der Waals surface area contributed by atoms with Crippen LogP contribution >= 0.6 is 22.9 Å². The van der Waals surface area contributed by atoms with Crippen LogP contribution in [-0.4, -0.2) is 84.4 Å². The fourth-order valence-electron chi connectivity index (χ4n) is 6.44. The molecule has 17 heteroatoms. The topological polar surface area (TPSA) is 195 Å². The van der Waals surface area contributed by atoms with Crippen LogP contribution in [-0.2, 0) is 47.0 Å². The predicted octanol–water partition coefficient (Wildman–Crippen LogP) is 4.64. The van der Waals surface area contributed by atoms with Crippen molar-refractivity contribution < 1.29 is 41.9 Å². The van der Waals surface area contributed by atoms with Crippen molar-refractivity contribution in [3.8, 4) is 0 Å². The van der Waals surface area contributed by atoms with E-state index >= 15 is 0 Å². The number of thiophene rings is 1. The molecule has 288 valence electrons. The van der Waals surface area contributed by atoms with Crippen molar-refractivity contribution in [3.05, 3.63) is 64.0 Å². The number of halogens is 1. The molecule has 0 radical (unpaired) electrons. The number of aldehydes is 1. The van der Waals surface area contributed by atoms with Gasteiger partial charge in [-0.25, -0.2) is 22.7 Å². The lowest BCUT2D eigenvalue weighted by Gasteiger charge is -2.28. The highest BCUT2D eigenvalue weighted by Crippen LogP contribution is 2.43. The zero-order chi connectivity index (χ0) is 38.6. The van der Waals surface area contributed by atoms with Crippen molar-refractivity contribution in [2.24, 2.45) is 11.7 Å². The summed E-state index contributed by atoms with van der Waals surface area (Å²) < 4.78 is 38.4. The van der Waals surface area contributed by atoms with Crippen LogP contribution in [0.1, 0.15) is 76.8 Å². The molecule has 1 aliphatic carbocycles. The highest BCUT2D eigenvalue weighted by atomic mass is 35.5. The van der Waals surface area contributed by atoms with Crippen LogP contribution in [0.5, 0.6) is 0 Å². The van der Waals surface area contributed by atoms with Crippen LogP contribution < -0.4 is 15.8 Å². The Kier molecular flexibility index (Phi) is 12.6. The van der Waals surface area contributed by atoms with Gasteiger partial charge in [-0.15, -0.1) is 11.3 Å². The van der Waals surface area contributed by atoms with Gasteiger partial charge in [0.15, 0.2) is 0 Å². The number of nitrogens with zero attached hydrogens (tertiary/aromatic N) is 2. The van der Waals surface area contributed by atoms with Crippen LogP contribution in [0, 0.1) is 5.92 Å². The van der Waals surface area contributed by atoms with Gasteiger partial charge in [0.1, 0.15) is 33.8 Å². The van der Waals surface area contributed by atoms with Crippen molar-refractivity contribution in [2.75, 3.05) is 6.54 Å². The molecule has 2 aromatic rings. The average molecular weight is 792 g/mol. The van der Waals surface area contributed by atoms with Gasteiger partial charge in [0.2, 0.25) is 5.91 Å². The third-order valence-corrected chi connectivity index (χ3v) is 12.4. The summed E-state index contributed by atoms with van der Waals surface area (Å²) in [5.41, 5.74) is 6.16.